The first-order valence-corrected chi connectivity index (χ1v) is 7.44. The van der Waals surface area contributed by atoms with Gasteiger partial charge in [-0.3, -0.25) is 14.4 Å². The first-order chi connectivity index (χ1) is 12.3. The molecule has 1 aromatic rings. The Kier molecular flexibility index (Phi) is 7.74. The van der Waals surface area contributed by atoms with Gasteiger partial charge in [-0.15, -0.1) is 0 Å². The van der Waals surface area contributed by atoms with Gasteiger partial charge in [0.05, 0.1) is 31.0 Å². The Morgan fingerprint density at radius 3 is 2.08 bits per heavy atom. The monoisotopic (exact) mass is 365 g/mol. The molecule has 0 radical (unpaired) electrons. The van der Waals surface area contributed by atoms with Crippen LogP contribution in [-0.2, 0) is 23.9 Å². The zero-order valence-electron chi connectivity index (χ0n) is 14.5. The van der Waals surface area contributed by atoms with Gasteiger partial charge < -0.3 is 25.4 Å². The van der Waals surface area contributed by atoms with Crippen LogP contribution in [0, 0.1) is 0 Å². The van der Waals surface area contributed by atoms with E-state index in [9.17, 15) is 24.0 Å². The molecule has 0 saturated heterocycles. The van der Waals surface area contributed by atoms with Crippen LogP contribution in [0.4, 0.5) is 5.69 Å². The summed E-state index contributed by atoms with van der Waals surface area (Å²) in [4.78, 5) is 57.9. The van der Waals surface area contributed by atoms with Crippen LogP contribution in [0.3, 0.4) is 0 Å². The maximum Gasteiger partial charge on any atom is 0.339 e. The molecule has 3 amide bonds. The van der Waals surface area contributed by atoms with Gasteiger partial charge in [-0.05, 0) is 18.2 Å². The molecule has 140 valence electrons. The van der Waals surface area contributed by atoms with Crippen molar-refractivity contribution < 1.29 is 33.4 Å². The Bertz CT molecular complexity index is 731. The van der Waals surface area contributed by atoms with Crippen molar-refractivity contribution in [3.63, 3.8) is 0 Å². The van der Waals surface area contributed by atoms with Crippen molar-refractivity contribution in [2.45, 2.75) is 6.92 Å². The summed E-state index contributed by atoms with van der Waals surface area (Å²) >= 11 is 0. The second-order valence-corrected chi connectivity index (χ2v) is 4.94. The average molecular weight is 365 g/mol. The fourth-order valence-corrected chi connectivity index (χ4v) is 1.85. The van der Waals surface area contributed by atoms with Crippen LogP contribution in [-0.4, -0.2) is 57.0 Å². The van der Waals surface area contributed by atoms with Crippen LogP contribution >= 0.6 is 0 Å². The molecule has 3 N–H and O–H groups in total. The van der Waals surface area contributed by atoms with Crippen molar-refractivity contribution in [3.05, 3.63) is 29.3 Å². The number of hydrogen-bond donors (Lipinski definition) is 3. The van der Waals surface area contributed by atoms with Crippen molar-refractivity contribution in [2.24, 2.45) is 0 Å². The van der Waals surface area contributed by atoms with Crippen LogP contribution < -0.4 is 16.0 Å². The van der Waals surface area contributed by atoms with Crippen LogP contribution in [0.25, 0.3) is 0 Å². The number of anilines is 1. The number of carbonyl (C=O) groups is 5. The number of rotatable bonds is 6. The predicted octanol–water partition coefficient (Wildman–Crippen LogP) is -0.549. The summed E-state index contributed by atoms with van der Waals surface area (Å²) in [6, 6.07) is 3.78. The van der Waals surface area contributed by atoms with E-state index < -0.39 is 23.8 Å². The summed E-state index contributed by atoms with van der Waals surface area (Å²) < 4.78 is 9.17. The van der Waals surface area contributed by atoms with E-state index in [0.717, 1.165) is 7.11 Å². The molecule has 0 aliphatic heterocycles. The molecule has 0 aliphatic rings. The van der Waals surface area contributed by atoms with Gasteiger partial charge in [0.2, 0.25) is 5.91 Å². The summed E-state index contributed by atoms with van der Waals surface area (Å²) in [7, 11) is 2.33. The topological polar surface area (TPSA) is 140 Å². The largest absolute Gasteiger partial charge is 0.465 e. The molecular weight excluding hydrogens is 346 g/mol. The number of amides is 3. The van der Waals surface area contributed by atoms with Gasteiger partial charge in [0, 0.05) is 20.0 Å². The highest BCUT2D eigenvalue weighted by Crippen LogP contribution is 2.19. The highest BCUT2D eigenvalue weighted by Gasteiger charge is 2.20. The van der Waals surface area contributed by atoms with Gasteiger partial charge in [0.1, 0.15) is 0 Å². The molecule has 10 nitrogen and oxygen atoms in total. The summed E-state index contributed by atoms with van der Waals surface area (Å²) in [5.74, 6) is -3.75. The lowest BCUT2D eigenvalue weighted by Crippen LogP contribution is -2.39. The van der Waals surface area contributed by atoms with Gasteiger partial charge >= 0.3 is 23.8 Å². The SMILES string of the molecule is COC(=O)c1ccc(C(=O)OC)c(NC(=O)C(=O)NCCNC(C)=O)c1. The zero-order chi connectivity index (χ0) is 19.7. The first-order valence-electron chi connectivity index (χ1n) is 7.44. The van der Waals surface area contributed by atoms with E-state index in [2.05, 4.69) is 25.4 Å². The van der Waals surface area contributed by atoms with E-state index in [1.54, 1.807) is 0 Å². The molecule has 0 aliphatic carbocycles. The minimum atomic E-state index is -1.06. The highest BCUT2D eigenvalue weighted by molar-refractivity contribution is 6.40. The molecule has 0 unspecified atom stereocenters. The first kappa shape index (κ1) is 20.6. The molecule has 0 aromatic heterocycles. The van der Waals surface area contributed by atoms with Gasteiger partial charge in [-0.25, -0.2) is 9.59 Å². The Morgan fingerprint density at radius 1 is 0.885 bits per heavy atom. The zero-order valence-corrected chi connectivity index (χ0v) is 14.5. The molecule has 0 saturated carbocycles. The van der Waals surface area contributed by atoms with Crippen molar-refractivity contribution in [1.29, 1.82) is 0 Å². The van der Waals surface area contributed by atoms with E-state index in [1.165, 1.54) is 32.2 Å². The molecular formula is C16H19N3O7. The maximum absolute atomic E-state index is 12.0. The lowest BCUT2D eigenvalue weighted by Gasteiger charge is -2.11. The Hall–Kier alpha value is -3.43. The summed E-state index contributed by atoms with van der Waals surface area (Å²) in [5.41, 5.74) is -0.0529. The molecule has 0 bridgehead atoms. The third-order valence-corrected chi connectivity index (χ3v) is 3.08. The third-order valence-electron chi connectivity index (χ3n) is 3.08. The normalized spacial score (nSPS) is 9.65. The second-order valence-electron chi connectivity index (χ2n) is 4.94. The summed E-state index contributed by atoms with van der Waals surface area (Å²) in [6.07, 6.45) is 0. The van der Waals surface area contributed by atoms with Crippen molar-refractivity contribution in [3.8, 4) is 0 Å². The maximum atomic E-state index is 12.0. The fraction of sp³-hybridized carbons (Fsp3) is 0.312. The van der Waals surface area contributed by atoms with Crippen LogP contribution in [0.2, 0.25) is 0 Å². The Balaban J connectivity index is 2.89. The molecule has 0 atom stereocenters. The van der Waals surface area contributed by atoms with E-state index in [-0.39, 0.29) is 35.8 Å². The molecule has 0 heterocycles. The molecule has 0 fully saturated rings. The fourth-order valence-electron chi connectivity index (χ4n) is 1.85. The second kappa shape index (κ2) is 9.77. The standard InChI is InChI=1S/C16H19N3O7/c1-9(20)17-6-7-18-13(21)14(22)19-12-8-10(15(23)25-2)4-5-11(12)16(24)26-3/h4-5,8H,6-7H2,1-3H3,(H,17,20)(H,18,21)(H,19,22). The Morgan fingerprint density at radius 2 is 1.50 bits per heavy atom. The highest BCUT2D eigenvalue weighted by atomic mass is 16.5. The van der Waals surface area contributed by atoms with E-state index in [0.29, 0.717) is 0 Å². The molecule has 10 heteroatoms. The minimum absolute atomic E-state index is 0.0396. The number of hydrogen-bond acceptors (Lipinski definition) is 7. The van der Waals surface area contributed by atoms with Crippen molar-refractivity contribution >= 4 is 35.3 Å². The molecule has 0 spiro atoms. The molecule has 1 rings (SSSR count). The van der Waals surface area contributed by atoms with E-state index >= 15 is 0 Å². The number of nitrogens with one attached hydrogen (secondary N) is 3. The lowest BCUT2D eigenvalue weighted by atomic mass is 10.1. The van der Waals surface area contributed by atoms with Crippen LogP contribution in [0.15, 0.2) is 18.2 Å². The quantitative estimate of drug-likeness (QED) is 0.349. The number of benzene rings is 1. The number of ether oxygens (including phenoxy) is 2. The van der Waals surface area contributed by atoms with Crippen molar-refractivity contribution in [2.75, 3.05) is 32.6 Å². The van der Waals surface area contributed by atoms with E-state index in [4.69, 9.17) is 0 Å². The van der Waals surface area contributed by atoms with Crippen LogP contribution in [0.5, 0.6) is 0 Å². The molecule has 1 aromatic carbocycles. The average Bonchev–Trinajstić information content (AvgIpc) is 2.63. The van der Waals surface area contributed by atoms with Gasteiger partial charge in [0.25, 0.3) is 0 Å². The minimum Gasteiger partial charge on any atom is -0.465 e. The molecule has 26 heavy (non-hydrogen) atoms. The van der Waals surface area contributed by atoms with Crippen molar-refractivity contribution in [1.82, 2.24) is 10.6 Å². The summed E-state index contributed by atoms with van der Waals surface area (Å²) in [6.45, 7) is 1.51. The third kappa shape index (κ3) is 5.89. The summed E-state index contributed by atoms with van der Waals surface area (Å²) in [5, 5.41) is 6.99. The van der Waals surface area contributed by atoms with Gasteiger partial charge in [0.15, 0.2) is 0 Å². The van der Waals surface area contributed by atoms with Gasteiger partial charge in [-0.2, -0.15) is 0 Å². The van der Waals surface area contributed by atoms with E-state index in [1.807, 2.05) is 0 Å². The number of carbonyl (C=O) groups excluding carboxylic acids is 5. The number of methoxy groups -OCH3 is 2. The Labute approximate surface area is 149 Å². The lowest BCUT2D eigenvalue weighted by molar-refractivity contribution is -0.136. The smallest absolute Gasteiger partial charge is 0.339 e. The van der Waals surface area contributed by atoms with Crippen LogP contribution in [0.1, 0.15) is 27.6 Å². The van der Waals surface area contributed by atoms with Gasteiger partial charge in [-0.1, -0.05) is 0 Å². The predicted molar refractivity (Wildman–Crippen MR) is 89.4 cm³/mol. The number of esters is 2.